The summed E-state index contributed by atoms with van der Waals surface area (Å²) in [6, 6.07) is 7.74. The lowest BCUT2D eigenvalue weighted by molar-refractivity contribution is -0.127. The number of hydrogen-bond acceptors (Lipinski definition) is 4. The van der Waals surface area contributed by atoms with Crippen LogP contribution in [0.4, 0.5) is 0 Å². The summed E-state index contributed by atoms with van der Waals surface area (Å²) in [5, 5.41) is 14.6. The van der Waals surface area contributed by atoms with Gasteiger partial charge in [0.15, 0.2) is 6.10 Å². The van der Waals surface area contributed by atoms with E-state index in [-0.39, 0.29) is 12.0 Å². The molecule has 5 heteroatoms. The zero-order chi connectivity index (χ0) is 15.1. The Balaban J connectivity index is 1.91. The van der Waals surface area contributed by atoms with Crippen molar-refractivity contribution < 1.29 is 14.7 Å². The van der Waals surface area contributed by atoms with Gasteiger partial charge in [-0.2, -0.15) is 0 Å². The average Bonchev–Trinajstić information content (AvgIpc) is 2.71. The second kappa shape index (κ2) is 7.67. The summed E-state index contributed by atoms with van der Waals surface area (Å²) in [7, 11) is 0. The van der Waals surface area contributed by atoms with E-state index in [4.69, 9.17) is 9.94 Å². The van der Waals surface area contributed by atoms with Gasteiger partial charge in [-0.3, -0.25) is 4.79 Å². The minimum atomic E-state index is -0.387. The number of nitrogens with zero attached hydrogens (tertiary/aromatic N) is 1. The van der Waals surface area contributed by atoms with Crippen molar-refractivity contribution in [3.63, 3.8) is 0 Å². The second-order valence-corrected chi connectivity index (χ2v) is 5.37. The Labute approximate surface area is 125 Å². The lowest BCUT2D eigenvalue weighted by atomic mass is 10.1. The summed E-state index contributed by atoms with van der Waals surface area (Å²) in [5.41, 5.74) is 1.86. The van der Waals surface area contributed by atoms with Crippen molar-refractivity contribution in [2.75, 3.05) is 6.54 Å². The molecule has 2 N–H and O–H groups in total. The molecular formula is C16H22N2O3. The highest BCUT2D eigenvalue weighted by atomic mass is 16.5. The number of hydrogen-bond donors (Lipinski definition) is 2. The third-order valence-corrected chi connectivity index (χ3v) is 3.63. The van der Waals surface area contributed by atoms with E-state index in [9.17, 15) is 4.79 Å². The standard InChI is InChI=1S/C16H22N2O3/c1-12(18-20)5-6-13-7-9-14(10-8-13)21-15-4-2-3-11-17-16(15)19/h7-10,15,20H,2-6,11H2,1H3,(H,17,19)/b18-12+. The Morgan fingerprint density at radius 1 is 1.38 bits per heavy atom. The van der Waals surface area contributed by atoms with Gasteiger partial charge in [-0.15, -0.1) is 0 Å². The van der Waals surface area contributed by atoms with Crippen molar-refractivity contribution in [2.45, 2.75) is 45.1 Å². The van der Waals surface area contributed by atoms with Crippen LogP contribution in [0.1, 0.15) is 38.2 Å². The van der Waals surface area contributed by atoms with Crippen LogP contribution in [0, 0.1) is 0 Å². The molecule has 114 valence electrons. The van der Waals surface area contributed by atoms with Gasteiger partial charge in [-0.05, 0) is 56.7 Å². The first kappa shape index (κ1) is 15.4. The lowest BCUT2D eigenvalue weighted by Crippen LogP contribution is -2.36. The van der Waals surface area contributed by atoms with Crippen LogP contribution in [0.3, 0.4) is 0 Å². The normalized spacial score (nSPS) is 19.8. The average molecular weight is 290 g/mol. The quantitative estimate of drug-likeness (QED) is 0.497. The summed E-state index contributed by atoms with van der Waals surface area (Å²) < 4.78 is 5.77. The molecule has 1 atom stereocenters. The second-order valence-electron chi connectivity index (χ2n) is 5.37. The lowest BCUT2D eigenvalue weighted by Gasteiger charge is -2.16. The number of amides is 1. The highest BCUT2D eigenvalue weighted by molar-refractivity contribution is 5.81. The molecule has 0 aliphatic carbocycles. The van der Waals surface area contributed by atoms with Crippen LogP contribution in [0.5, 0.6) is 5.75 Å². The molecule has 1 amide bonds. The Bertz CT molecular complexity index is 497. The summed E-state index contributed by atoms with van der Waals surface area (Å²) in [4.78, 5) is 11.8. The number of carbonyl (C=O) groups is 1. The fourth-order valence-corrected chi connectivity index (χ4v) is 2.30. The van der Waals surface area contributed by atoms with Crippen molar-refractivity contribution in [3.05, 3.63) is 29.8 Å². The minimum absolute atomic E-state index is 0.0219. The maximum Gasteiger partial charge on any atom is 0.261 e. The molecule has 5 nitrogen and oxygen atoms in total. The zero-order valence-corrected chi connectivity index (χ0v) is 12.3. The van der Waals surface area contributed by atoms with Crippen LogP contribution in [-0.4, -0.2) is 29.5 Å². The van der Waals surface area contributed by atoms with Crippen molar-refractivity contribution >= 4 is 11.6 Å². The first-order valence-corrected chi connectivity index (χ1v) is 7.40. The predicted octanol–water partition coefficient (Wildman–Crippen LogP) is 2.52. The molecule has 0 saturated carbocycles. The largest absolute Gasteiger partial charge is 0.481 e. The molecule has 1 saturated heterocycles. The van der Waals surface area contributed by atoms with Crippen LogP contribution in [0.25, 0.3) is 0 Å². The molecule has 0 aromatic heterocycles. The highest BCUT2D eigenvalue weighted by Crippen LogP contribution is 2.18. The molecule has 0 bridgehead atoms. The van der Waals surface area contributed by atoms with E-state index in [1.807, 2.05) is 24.3 Å². The zero-order valence-electron chi connectivity index (χ0n) is 12.3. The van der Waals surface area contributed by atoms with Crippen LogP contribution < -0.4 is 10.1 Å². The minimum Gasteiger partial charge on any atom is -0.481 e. The van der Waals surface area contributed by atoms with Crippen LogP contribution in [0.2, 0.25) is 0 Å². The number of benzene rings is 1. The van der Waals surface area contributed by atoms with Gasteiger partial charge in [0.25, 0.3) is 5.91 Å². The molecule has 1 aliphatic heterocycles. The number of nitrogens with one attached hydrogen (secondary N) is 1. The molecule has 1 fully saturated rings. The Kier molecular flexibility index (Phi) is 5.60. The summed E-state index contributed by atoms with van der Waals surface area (Å²) in [6.07, 6.45) is 3.93. The van der Waals surface area contributed by atoms with E-state index in [1.54, 1.807) is 6.92 Å². The van der Waals surface area contributed by atoms with Crippen molar-refractivity contribution in [1.29, 1.82) is 0 Å². The molecule has 1 aliphatic rings. The highest BCUT2D eigenvalue weighted by Gasteiger charge is 2.22. The van der Waals surface area contributed by atoms with Gasteiger partial charge in [0.2, 0.25) is 0 Å². The maximum atomic E-state index is 11.8. The molecule has 0 spiro atoms. The van der Waals surface area contributed by atoms with Gasteiger partial charge in [-0.1, -0.05) is 17.3 Å². The van der Waals surface area contributed by atoms with E-state index in [0.29, 0.717) is 11.5 Å². The Hall–Kier alpha value is -2.04. The van der Waals surface area contributed by atoms with Crippen molar-refractivity contribution in [1.82, 2.24) is 5.32 Å². The van der Waals surface area contributed by atoms with Crippen molar-refractivity contribution in [3.8, 4) is 5.75 Å². The van der Waals surface area contributed by atoms with Crippen LogP contribution >= 0.6 is 0 Å². The molecule has 21 heavy (non-hydrogen) atoms. The van der Waals surface area contributed by atoms with E-state index >= 15 is 0 Å². The van der Waals surface area contributed by atoms with E-state index in [0.717, 1.165) is 44.2 Å². The van der Waals surface area contributed by atoms with Gasteiger partial charge < -0.3 is 15.3 Å². The van der Waals surface area contributed by atoms with E-state index in [2.05, 4.69) is 10.5 Å². The van der Waals surface area contributed by atoms with Crippen LogP contribution in [-0.2, 0) is 11.2 Å². The molecule has 1 heterocycles. The molecule has 0 radical (unpaired) electrons. The van der Waals surface area contributed by atoms with Gasteiger partial charge in [0.05, 0.1) is 5.71 Å². The molecule has 1 aromatic carbocycles. The monoisotopic (exact) mass is 290 g/mol. The van der Waals surface area contributed by atoms with Gasteiger partial charge in [-0.25, -0.2) is 0 Å². The Morgan fingerprint density at radius 3 is 2.86 bits per heavy atom. The predicted molar refractivity (Wildman–Crippen MR) is 80.9 cm³/mol. The fraction of sp³-hybridized carbons (Fsp3) is 0.500. The van der Waals surface area contributed by atoms with Crippen LogP contribution in [0.15, 0.2) is 29.4 Å². The topological polar surface area (TPSA) is 70.9 Å². The third-order valence-electron chi connectivity index (χ3n) is 3.63. The number of carbonyl (C=O) groups excluding carboxylic acids is 1. The van der Waals surface area contributed by atoms with Crippen molar-refractivity contribution in [2.24, 2.45) is 5.16 Å². The maximum absolute atomic E-state index is 11.8. The number of aryl methyl sites for hydroxylation is 1. The number of ether oxygens (including phenoxy) is 1. The fourth-order valence-electron chi connectivity index (χ4n) is 2.30. The molecule has 1 aromatic rings. The Morgan fingerprint density at radius 2 is 2.14 bits per heavy atom. The first-order chi connectivity index (χ1) is 10.2. The van der Waals surface area contributed by atoms with Gasteiger partial charge >= 0.3 is 0 Å². The SMILES string of the molecule is C/C(CCc1ccc(OC2CCCCNC2=O)cc1)=N\O. The van der Waals surface area contributed by atoms with E-state index in [1.165, 1.54) is 0 Å². The molecule has 2 rings (SSSR count). The summed E-state index contributed by atoms with van der Waals surface area (Å²) in [6.45, 7) is 2.53. The third kappa shape index (κ3) is 4.77. The molecular weight excluding hydrogens is 268 g/mol. The smallest absolute Gasteiger partial charge is 0.261 e. The first-order valence-electron chi connectivity index (χ1n) is 7.40. The van der Waals surface area contributed by atoms with E-state index < -0.39 is 0 Å². The van der Waals surface area contributed by atoms with Gasteiger partial charge in [0.1, 0.15) is 5.75 Å². The van der Waals surface area contributed by atoms with Gasteiger partial charge in [0, 0.05) is 6.54 Å². The summed E-state index contributed by atoms with van der Waals surface area (Å²) >= 11 is 0. The number of oxime groups is 1. The molecule has 1 unspecified atom stereocenters. The number of rotatable bonds is 5. The summed E-state index contributed by atoms with van der Waals surface area (Å²) in [5.74, 6) is 0.694.